The second-order valence-electron chi connectivity index (χ2n) is 6.58. The molecule has 0 aromatic carbocycles. The number of amides is 2. The van der Waals surface area contributed by atoms with E-state index in [4.69, 9.17) is 11.6 Å². The Morgan fingerprint density at radius 1 is 1.38 bits per heavy atom. The molecule has 2 amide bonds. The molecule has 0 aromatic rings. The Labute approximate surface area is 158 Å². The minimum absolute atomic E-state index is 0.0560. The molecule has 0 fully saturated rings. The summed E-state index contributed by atoms with van der Waals surface area (Å²) in [4.78, 5) is 24.1. The van der Waals surface area contributed by atoms with Gasteiger partial charge in [0.25, 0.3) is 5.91 Å². The lowest BCUT2D eigenvalue weighted by Gasteiger charge is -2.27. The van der Waals surface area contributed by atoms with Crippen LogP contribution in [0, 0.1) is 5.41 Å². The van der Waals surface area contributed by atoms with Gasteiger partial charge in [0, 0.05) is 23.6 Å². The maximum Gasteiger partial charge on any atom is 0.251 e. The zero-order valence-electron chi connectivity index (χ0n) is 15.6. The van der Waals surface area contributed by atoms with Crippen molar-refractivity contribution in [1.29, 1.82) is 0 Å². The van der Waals surface area contributed by atoms with Crippen molar-refractivity contribution in [3.63, 3.8) is 0 Å². The quantitative estimate of drug-likeness (QED) is 0.338. The summed E-state index contributed by atoms with van der Waals surface area (Å²) in [6, 6.07) is -0.474. The van der Waals surface area contributed by atoms with Crippen LogP contribution >= 0.6 is 11.6 Å². The fourth-order valence-electron chi connectivity index (χ4n) is 1.75. The number of rotatable bonds is 10. The number of aliphatic hydroxyl groups is 2. The van der Waals surface area contributed by atoms with E-state index in [0.29, 0.717) is 0 Å². The number of carbonyl (C=O) groups excluding carboxylic acids is 2. The van der Waals surface area contributed by atoms with Gasteiger partial charge in [-0.05, 0) is 19.4 Å². The molecular weight excluding hydrogens is 363 g/mol. The van der Waals surface area contributed by atoms with Crippen LogP contribution in [0.4, 0.5) is 4.39 Å². The van der Waals surface area contributed by atoms with Crippen molar-refractivity contribution in [2.45, 2.75) is 46.3 Å². The lowest BCUT2D eigenvalue weighted by molar-refractivity contribution is -0.137. The molecule has 0 aromatic heterocycles. The van der Waals surface area contributed by atoms with Crippen LogP contribution in [-0.4, -0.2) is 47.3 Å². The van der Waals surface area contributed by atoms with Gasteiger partial charge in [-0.3, -0.25) is 9.59 Å². The number of hydrogen-bond acceptors (Lipinski definition) is 4. The van der Waals surface area contributed by atoms with Crippen LogP contribution in [0.3, 0.4) is 0 Å². The topological polar surface area (TPSA) is 98.7 Å². The SMILES string of the molecule is C=C/C(=C\C(Cl)=C(\F)CC)C(=O)NC(C)CNC(=O)C(O)C(C)(C)CO. The van der Waals surface area contributed by atoms with E-state index in [2.05, 4.69) is 17.2 Å². The maximum atomic E-state index is 13.4. The van der Waals surface area contributed by atoms with Gasteiger partial charge in [0.15, 0.2) is 0 Å². The number of carbonyl (C=O) groups is 2. The molecule has 0 bridgehead atoms. The first kappa shape index (κ1) is 24.3. The number of allylic oxidation sites excluding steroid dienone is 3. The van der Waals surface area contributed by atoms with Crippen LogP contribution in [0.25, 0.3) is 0 Å². The Kier molecular flexibility index (Phi) is 10.4. The highest BCUT2D eigenvalue weighted by Crippen LogP contribution is 2.19. The number of nitrogens with one attached hydrogen (secondary N) is 2. The van der Waals surface area contributed by atoms with Crippen molar-refractivity contribution in [3.05, 3.63) is 35.2 Å². The summed E-state index contributed by atoms with van der Waals surface area (Å²) in [6.45, 7) is 9.54. The normalized spacial score (nSPS) is 15.6. The highest BCUT2D eigenvalue weighted by Gasteiger charge is 2.32. The average Bonchev–Trinajstić information content (AvgIpc) is 2.61. The largest absolute Gasteiger partial charge is 0.396 e. The first-order valence-electron chi connectivity index (χ1n) is 8.25. The first-order chi connectivity index (χ1) is 12.0. The third kappa shape index (κ3) is 7.68. The molecule has 0 rings (SSSR count). The molecule has 0 aliphatic carbocycles. The van der Waals surface area contributed by atoms with Gasteiger partial charge in [-0.1, -0.05) is 45.0 Å². The van der Waals surface area contributed by atoms with Gasteiger partial charge in [0.05, 0.1) is 11.6 Å². The highest BCUT2D eigenvalue weighted by molar-refractivity contribution is 6.31. The Balaban J connectivity index is 4.79. The predicted molar refractivity (Wildman–Crippen MR) is 100 cm³/mol. The second-order valence-corrected chi connectivity index (χ2v) is 6.99. The first-order valence-corrected chi connectivity index (χ1v) is 8.63. The molecular formula is C18H28ClFN2O4. The minimum atomic E-state index is -1.39. The molecule has 0 saturated carbocycles. The van der Waals surface area contributed by atoms with Gasteiger partial charge < -0.3 is 20.8 Å². The van der Waals surface area contributed by atoms with Crippen molar-refractivity contribution < 1.29 is 24.2 Å². The van der Waals surface area contributed by atoms with Crippen molar-refractivity contribution in [2.75, 3.05) is 13.2 Å². The van der Waals surface area contributed by atoms with Crippen molar-refractivity contribution in [3.8, 4) is 0 Å². The summed E-state index contributed by atoms with van der Waals surface area (Å²) < 4.78 is 13.4. The lowest BCUT2D eigenvalue weighted by atomic mass is 9.87. The van der Waals surface area contributed by atoms with Gasteiger partial charge >= 0.3 is 0 Å². The van der Waals surface area contributed by atoms with Crippen LogP contribution < -0.4 is 10.6 Å². The molecule has 0 heterocycles. The van der Waals surface area contributed by atoms with Crippen LogP contribution in [0.1, 0.15) is 34.1 Å². The van der Waals surface area contributed by atoms with Crippen LogP contribution in [0.2, 0.25) is 0 Å². The van der Waals surface area contributed by atoms with E-state index in [1.807, 2.05) is 0 Å². The van der Waals surface area contributed by atoms with Crippen LogP contribution in [0.5, 0.6) is 0 Å². The summed E-state index contributed by atoms with van der Waals surface area (Å²) in [5.74, 6) is -1.72. The van der Waals surface area contributed by atoms with Crippen molar-refractivity contribution >= 4 is 23.4 Å². The fraction of sp³-hybridized carbons (Fsp3) is 0.556. The summed E-state index contributed by atoms with van der Waals surface area (Å²) in [6.07, 6.45) is 1.15. The molecule has 0 spiro atoms. The van der Waals surface area contributed by atoms with E-state index in [9.17, 15) is 24.2 Å². The van der Waals surface area contributed by atoms with Crippen LogP contribution in [-0.2, 0) is 9.59 Å². The zero-order chi connectivity index (χ0) is 20.5. The molecule has 26 heavy (non-hydrogen) atoms. The molecule has 148 valence electrons. The monoisotopic (exact) mass is 390 g/mol. The lowest BCUT2D eigenvalue weighted by Crippen LogP contribution is -2.49. The van der Waals surface area contributed by atoms with E-state index in [1.165, 1.54) is 12.2 Å². The molecule has 4 N–H and O–H groups in total. The van der Waals surface area contributed by atoms with E-state index in [1.54, 1.807) is 27.7 Å². The number of halogens is 2. The van der Waals surface area contributed by atoms with Gasteiger partial charge in [-0.25, -0.2) is 4.39 Å². The summed E-state index contributed by atoms with van der Waals surface area (Å²) in [5.41, 5.74) is -0.903. The molecule has 0 aliphatic heterocycles. The van der Waals surface area contributed by atoms with Crippen molar-refractivity contribution in [2.24, 2.45) is 5.41 Å². The number of aliphatic hydroxyl groups excluding tert-OH is 2. The Morgan fingerprint density at radius 2 is 1.96 bits per heavy atom. The third-order valence-electron chi connectivity index (χ3n) is 3.69. The molecule has 8 heteroatoms. The summed E-state index contributed by atoms with van der Waals surface area (Å²) in [5, 5.41) is 24.0. The minimum Gasteiger partial charge on any atom is -0.396 e. The summed E-state index contributed by atoms with van der Waals surface area (Å²) >= 11 is 5.77. The van der Waals surface area contributed by atoms with Gasteiger partial charge in [-0.2, -0.15) is 0 Å². The molecule has 0 saturated heterocycles. The average molecular weight is 391 g/mol. The Bertz CT molecular complexity index is 588. The van der Waals surface area contributed by atoms with Crippen LogP contribution in [0.15, 0.2) is 35.2 Å². The third-order valence-corrected chi connectivity index (χ3v) is 4.00. The zero-order valence-corrected chi connectivity index (χ0v) is 16.4. The van der Waals surface area contributed by atoms with E-state index in [-0.39, 0.29) is 30.2 Å². The van der Waals surface area contributed by atoms with E-state index < -0.39 is 35.2 Å². The van der Waals surface area contributed by atoms with Crippen molar-refractivity contribution in [1.82, 2.24) is 10.6 Å². The standard InChI is InChI=1S/C18H28ClFN2O4/c1-6-12(8-13(19)14(20)7-2)16(25)22-11(3)9-21-17(26)15(24)18(4,5)10-23/h6,8,11,15,23-24H,1,7,9-10H2,2-5H3,(H,21,26)(H,22,25)/b12-8+,14-13-. The predicted octanol–water partition coefficient (Wildman–Crippen LogP) is 1.93. The molecule has 2 unspecified atom stereocenters. The second kappa shape index (κ2) is 11.1. The number of hydrogen-bond donors (Lipinski definition) is 4. The molecule has 2 atom stereocenters. The fourth-order valence-corrected chi connectivity index (χ4v) is 2.00. The Morgan fingerprint density at radius 3 is 2.42 bits per heavy atom. The molecule has 0 radical (unpaired) electrons. The molecule has 6 nitrogen and oxygen atoms in total. The van der Waals surface area contributed by atoms with Gasteiger partial charge in [0.1, 0.15) is 11.9 Å². The maximum absolute atomic E-state index is 13.4. The Hall–Kier alpha value is -1.70. The summed E-state index contributed by atoms with van der Waals surface area (Å²) in [7, 11) is 0. The highest BCUT2D eigenvalue weighted by atomic mass is 35.5. The van der Waals surface area contributed by atoms with E-state index >= 15 is 0 Å². The smallest absolute Gasteiger partial charge is 0.251 e. The van der Waals surface area contributed by atoms with E-state index in [0.717, 1.165) is 0 Å². The van der Waals surface area contributed by atoms with Gasteiger partial charge in [-0.15, -0.1) is 0 Å². The van der Waals surface area contributed by atoms with Gasteiger partial charge in [0.2, 0.25) is 5.91 Å². The molecule has 0 aliphatic rings.